The van der Waals surface area contributed by atoms with Crippen LogP contribution in [0.5, 0.6) is 0 Å². The molecule has 0 aromatic carbocycles. The monoisotopic (exact) mass is 264 g/mol. The number of nitrogens with two attached hydrogens (primary N) is 1. The number of pyridine rings is 1. The van der Waals surface area contributed by atoms with Crippen LogP contribution in [0.2, 0.25) is 5.02 Å². The van der Waals surface area contributed by atoms with Crippen LogP contribution in [0.4, 0.5) is 5.82 Å². The fourth-order valence-electron chi connectivity index (χ4n) is 2.29. The van der Waals surface area contributed by atoms with Crippen molar-refractivity contribution >= 4 is 17.4 Å². The zero-order valence-corrected chi connectivity index (χ0v) is 11.4. The van der Waals surface area contributed by atoms with Gasteiger partial charge in [0.15, 0.2) is 0 Å². The fraction of sp³-hybridized carbons (Fsp3) is 0.538. The van der Waals surface area contributed by atoms with Gasteiger partial charge in [-0.3, -0.25) is 0 Å². The van der Waals surface area contributed by atoms with Crippen molar-refractivity contribution in [1.82, 2.24) is 4.98 Å². The van der Waals surface area contributed by atoms with Crippen molar-refractivity contribution in [3.63, 3.8) is 0 Å². The first-order valence-electron chi connectivity index (χ1n) is 6.01. The van der Waals surface area contributed by atoms with Crippen LogP contribution in [0, 0.1) is 16.7 Å². The number of nitriles is 1. The summed E-state index contributed by atoms with van der Waals surface area (Å²) in [6, 6.07) is 3.90. The number of hydrogen-bond acceptors (Lipinski definition) is 4. The van der Waals surface area contributed by atoms with E-state index < -0.39 is 0 Å². The number of nitrogens with zero attached hydrogens (tertiary/aromatic N) is 3. The van der Waals surface area contributed by atoms with Crippen molar-refractivity contribution in [1.29, 1.82) is 5.26 Å². The smallest absolute Gasteiger partial charge is 0.148 e. The van der Waals surface area contributed by atoms with Crippen LogP contribution in [-0.2, 0) is 0 Å². The summed E-state index contributed by atoms with van der Waals surface area (Å²) < 4.78 is 0. The Hall–Kier alpha value is -1.31. The zero-order valence-electron chi connectivity index (χ0n) is 10.7. The molecule has 0 amide bonds. The third-order valence-electron chi connectivity index (χ3n) is 3.60. The van der Waals surface area contributed by atoms with Gasteiger partial charge in [0.05, 0.1) is 5.56 Å². The van der Waals surface area contributed by atoms with Crippen LogP contribution in [0.15, 0.2) is 12.3 Å². The lowest BCUT2D eigenvalue weighted by Crippen LogP contribution is -2.52. The molecule has 96 valence electrons. The summed E-state index contributed by atoms with van der Waals surface area (Å²) >= 11 is 6.21. The molecule has 1 unspecified atom stereocenters. The molecule has 2 heterocycles. The van der Waals surface area contributed by atoms with Gasteiger partial charge >= 0.3 is 0 Å². The van der Waals surface area contributed by atoms with E-state index in [-0.39, 0.29) is 11.5 Å². The summed E-state index contributed by atoms with van der Waals surface area (Å²) in [5.74, 6) is 0.690. The van der Waals surface area contributed by atoms with Gasteiger partial charge in [0.2, 0.25) is 0 Å². The molecular weight excluding hydrogens is 248 g/mol. The SMILES string of the molecule is CC1(C)CN(c2nccc(C#N)c2Cl)CCC1N. The topological polar surface area (TPSA) is 65.9 Å². The van der Waals surface area contributed by atoms with Gasteiger partial charge in [0, 0.05) is 25.3 Å². The normalized spacial score (nSPS) is 22.6. The molecule has 1 atom stereocenters. The molecule has 2 N–H and O–H groups in total. The van der Waals surface area contributed by atoms with Crippen molar-refractivity contribution in [2.45, 2.75) is 26.3 Å². The average molecular weight is 265 g/mol. The molecule has 1 aliphatic heterocycles. The summed E-state index contributed by atoms with van der Waals surface area (Å²) in [7, 11) is 0. The standard InChI is InChI=1S/C13H17ClN4/c1-13(2)8-18(6-4-10(13)16)12-11(14)9(7-15)3-5-17-12/h3,5,10H,4,6,8,16H2,1-2H3. The molecule has 4 nitrogen and oxygen atoms in total. The molecule has 1 fully saturated rings. The first kappa shape index (κ1) is 13.1. The minimum absolute atomic E-state index is 0.0197. The van der Waals surface area contributed by atoms with Crippen molar-refractivity contribution in [2.75, 3.05) is 18.0 Å². The van der Waals surface area contributed by atoms with E-state index >= 15 is 0 Å². The van der Waals surface area contributed by atoms with Gasteiger partial charge in [-0.05, 0) is 17.9 Å². The Labute approximate surface area is 112 Å². The molecular formula is C13H17ClN4. The first-order valence-corrected chi connectivity index (χ1v) is 6.38. The van der Waals surface area contributed by atoms with E-state index in [0.717, 1.165) is 19.5 Å². The lowest BCUT2D eigenvalue weighted by atomic mass is 9.80. The number of aromatic nitrogens is 1. The Balaban J connectivity index is 2.31. The van der Waals surface area contributed by atoms with E-state index in [1.807, 2.05) is 0 Å². The van der Waals surface area contributed by atoms with E-state index in [1.54, 1.807) is 12.3 Å². The highest BCUT2D eigenvalue weighted by Crippen LogP contribution is 2.34. The molecule has 0 aliphatic carbocycles. The van der Waals surface area contributed by atoms with Gasteiger partial charge in [-0.2, -0.15) is 5.26 Å². The fourth-order valence-corrected chi connectivity index (χ4v) is 2.57. The molecule has 1 aromatic rings. The highest BCUT2D eigenvalue weighted by Gasteiger charge is 2.34. The maximum atomic E-state index is 8.99. The van der Waals surface area contributed by atoms with Crippen molar-refractivity contribution < 1.29 is 0 Å². The maximum absolute atomic E-state index is 8.99. The molecule has 1 aromatic heterocycles. The minimum atomic E-state index is 0.0197. The highest BCUT2D eigenvalue weighted by molar-refractivity contribution is 6.34. The predicted octanol–water partition coefficient (Wildman–Crippen LogP) is 2.17. The molecule has 2 rings (SSSR count). The summed E-state index contributed by atoms with van der Waals surface area (Å²) in [6.07, 6.45) is 2.53. The average Bonchev–Trinajstić information content (AvgIpc) is 2.33. The van der Waals surface area contributed by atoms with Crippen LogP contribution in [0.1, 0.15) is 25.8 Å². The largest absolute Gasteiger partial charge is 0.355 e. The predicted molar refractivity (Wildman–Crippen MR) is 72.5 cm³/mol. The van der Waals surface area contributed by atoms with Crippen LogP contribution in [0.25, 0.3) is 0 Å². The second-order valence-corrected chi connectivity index (χ2v) is 5.79. The summed E-state index contributed by atoms with van der Waals surface area (Å²) in [6.45, 7) is 5.92. The molecule has 1 aliphatic rings. The summed E-state index contributed by atoms with van der Waals surface area (Å²) in [4.78, 5) is 6.42. The Morgan fingerprint density at radius 3 is 2.94 bits per heavy atom. The second-order valence-electron chi connectivity index (χ2n) is 5.41. The summed E-state index contributed by atoms with van der Waals surface area (Å²) in [5, 5.41) is 9.42. The van der Waals surface area contributed by atoms with Gasteiger partial charge in [-0.1, -0.05) is 25.4 Å². The van der Waals surface area contributed by atoms with Crippen molar-refractivity contribution in [2.24, 2.45) is 11.1 Å². The van der Waals surface area contributed by atoms with E-state index in [0.29, 0.717) is 16.4 Å². The van der Waals surface area contributed by atoms with Gasteiger partial charge in [-0.25, -0.2) is 4.98 Å². The van der Waals surface area contributed by atoms with Gasteiger partial charge in [-0.15, -0.1) is 0 Å². The van der Waals surface area contributed by atoms with Crippen LogP contribution >= 0.6 is 11.6 Å². The van der Waals surface area contributed by atoms with Crippen LogP contribution in [0.3, 0.4) is 0 Å². The lowest BCUT2D eigenvalue weighted by Gasteiger charge is -2.43. The third-order valence-corrected chi connectivity index (χ3v) is 3.98. The van der Waals surface area contributed by atoms with Crippen molar-refractivity contribution in [3.05, 3.63) is 22.8 Å². The summed E-state index contributed by atoms with van der Waals surface area (Å²) in [5.41, 5.74) is 6.60. The lowest BCUT2D eigenvalue weighted by molar-refractivity contribution is 0.244. The Bertz CT molecular complexity index is 492. The molecule has 0 spiro atoms. The van der Waals surface area contributed by atoms with Gasteiger partial charge in [0.1, 0.15) is 16.9 Å². The quantitative estimate of drug-likeness (QED) is 0.844. The highest BCUT2D eigenvalue weighted by atomic mass is 35.5. The Kier molecular flexibility index (Phi) is 3.47. The molecule has 5 heteroatoms. The number of rotatable bonds is 1. The van der Waals surface area contributed by atoms with E-state index in [9.17, 15) is 0 Å². The Morgan fingerprint density at radius 2 is 2.33 bits per heavy atom. The van der Waals surface area contributed by atoms with Crippen molar-refractivity contribution in [3.8, 4) is 6.07 Å². The van der Waals surface area contributed by atoms with E-state index in [4.69, 9.17) is 22.6 Å². The third kappa shape index (κ3) is 2.29. The first-order chi connectivity index (χ1) is 8.45. The molecule has 1 saturated heterocycles. The van der Waals surface area contributed by atoms with E-state index in [1.165, 1.54) is 0 Å². The molecule has 18 heavy (non-hydrogen) atoms. The second kappa shape index (κ2) is 4.75. The molecule has 0 saturated carbocycles. The maximum Gasteiger partial charge on any atom is 0.148 e. The molecule has 0 bridgehead atoms. The molecule has 0 radical (unpaired) electrons. The van der Waals surface area contributed by atoms with E-state index in [2.05, 4.69) is 29.8 Å². The number of anilines is 1. The minimum Gasteiger partial charge on any atom is -0.355 e. The van der Waals surface area contributed by atoms with Crippen LogP contribution in [-0.4, -0.2) is 24.1 Å². The number of hydrogen-bond donors (Lipinski definition) is 1. The van der Waals surface area contributed by atoms with Gasteiger partial charge < -0.3 is 10.6 Å². The van der Waals surface area contributed by atoms with Crippen LogP contribution < -0.4 is 10.6 Å². The zero-order chi connectivity index (χ0) is 13.3. The van der Waals surface area contributed by atoms with Gasteiger partial charge in [0.25, 0.3) is 0 Å². The number of halogens is 1. The Morgan fingerprint density at radius 1 is 1.61 bits per heavy atom. The number of piperidine rings is 1.